The number of aromatic nitrogens is 4. The smallest absolute Gasteiger partial charge is 0.196 e. The van der Waals surface area contributed by atoms with Crippen molar-refractivity contribution in [2.45, 2.75) is 17.8 Å². The largest absolute Gasteiger partial charge is 0.494 e. The van der Waals surface area contributed by atoms with Crippen LogP contribution in [0.2, 0.25) is 0 Å². The molecule has 0 saturated carbocycles. The Morgan fingerprint density at radius 2 is 1.62 bits per heavy atom. The quantitative estimate of drug-likeness (QED) is 0.284. The minimum Gasteiger partial charge on any atom is -0.494 e. The molecule has 0 spiro atoms. The van der Waals surface area contributed by atoms with Gasteiger partial charge in [-0.1, -0.05) is 54.2 Å². The van der Waals surface area contributed by atoms with Crippen molar-refractivity contribution in [3.05, 3.63) is 96.8 Å². The maximum Gasteiger partial charge on any atom is 0.196 e. The molecule has 5 rings (SSSR count). The van der Waals surface area contributed by atoms with Gasteiger partial charge in [-0.3, -0.25) is 9.55 Å². The number of hydrogen-bond donors (Lipinski definition) is 0. The third-order valence-corrected chi connectivity index (χ3v) is 6.19. The number of fused-ring (bicyclic) bond motifs is 1. The first-order valence-corrected chi connectivity index (χ1v) is 11.5. The van der Waals surface area contributed by atoms with Crippen molar-refractivity contribution >= 4 is 22.5 Å². The number of nitrogens with zero attached hydrogens (tertiary/aromatic N) is 4. The van der Waals surface area contributed by atoms with Gasteiger partial charge >= 0.3 is 0 Å². The molecule has 3 aromatic carbocycles. The van der Waals surface area contributed by atoms with Gasteiger partial charge in [0.05, 0.1) is 6.61 Å². The summed E-state index contributed by atoms with van der Waals surface area (Å²) in [7, 11) is 0. The number of rotatable bonds is 7. The van der Waals surface area contributed by atoms with Gasteiger partial charge in [-0.05, 0) is 59.7 Å². The van der Waals surface area contributed by atoms with Crippen molar-refractivity contribution in [1.82, 2.24) is 19.7 Å². The van der Waals surface area contributed by atoms with Crippen molar-refractivity contribution in [2.24, 2.45) is 0 Å². The second-order valence-corrected chi connectivity index (χ2v) is 8.17. The molecule has 0 aliphatic heterocycles. The Hall–Kier alpha value is -3.64. The summed E-state index contributed by atoms with van der Waals surface area (Å²) in [6.45, 7) is 2.62. The van der Waals surface area contributed by atoms with Crippen LogP contribution in [0.15, 0.2) is 96.4 Å². The van der Waals surface area contributed by atoms with E-state index in [1.165, 1.54) is 16.3 Å². The number of ether oxygens (including phenoxy) is 1. The molecule has 0 amide bonds. The van der Waals surface area contributed by atoms with Crippen LogP contribution in [0.3, 0.4) is 0 Å². The van der Waals surface area contributed by atoms with Crippen LogP contribution >= 0.6 is 11.8 Å². The number of hydrogen-bond acceptors (Lipinski definition) is 5. The first kappa shape index (κ1) is 20.3. The minimum atomic E-state index is 0.639. The predicted octanol–water partition coefficient (Wildman–Crippen LogP) is 6.17. The summed E-state index contributed by atoms with van der Waals surface area (Å²) < 4.78 is 7.71. The zero-order valence-electron chi connectivity index (χ0n) is 17.7. The third-order valence-electron chi connectivity index (χ3n) is 5.21. The number of thioether (sulfide) groups is 1. The van der Waals surface area contributed by atoms with Crippen molar-refractivity contribution in [3.8, 4) is 22.8 Å². The van der Waals surface area contributed by atoms with E-state index in [1.807, 2.05) is 43.3 Å². The zero-order valence-corrected chi connectivity index (χ0v) is 18.5. The fraction of sp³-hybridized carbons (Fsp3) is 0.115. The highest BCUT2D eigenvalue weighted by Crippen LogP contribution is 2.32. The van der Waals surface area contributed by atoms with Gasteiger partial charge < -0.3 is 4.74 Å². The van der Waals surface area contributed by atoms with E-state index in [4.69, 9.17) is 4.74 Å². The Morgan fingerprint density at radius 3 is 2.44 bits per heavy atom. The third kappa shape index (κ3) is 4.09. The van der Waals surface area contributed by atoms with Crippen LogP contribution in [0.5, 0.6) is 5.75 Å². The van der Waals surface area contributed by atoms with Gasteiger partial charge in [0, 0.05) is 29.4 Å². The van der Waals surface area contributed by atoms with Gasteiger partial charge in [0.1, 0.15) is 5.75 Å². The van der Waals surface area contributed by atoms with E-state index in [0.29, 0.717) is 6.61 Å². The molecular weight excluding hydrogens is 416 g/mol. The molecule has 2 aromatic heterocycles. The average Bonchev–Trinajstić information content (AvgIpc) is 3.28. The minimum absolute atomic E-state index is 0.639. The van der Waals surface area contributed by atoms with E-state index in [1.54, 1.807) is 24.2 Å². The van der Waals surface area contributed by atoms with Crippen LogP contribution in [-0.2, 0) is 5.75 Å². The average molecular weight is 439 g/mol. The van der Waals surface area contributed by atoms with Gasteiger partial charge in [0.2, 0.25) is 0 Å². The fourth-order valence-electron chi connectivity index (χ4n) is 3.70. The molecule has 32 heavy (non-hydrogen) atoms. The summed E-state index contributed by atoms with van der Waals surface area (Å²) in [4.78, 5) is 4.14. The van der Waals surface area contributed by atoms with E-state index in [-0.39, 0.29) is 0 Å². The molecule has 0 fully saturated rings. The lowest BCUT2D eigenvalue weighted by Crippen LogP contribution is -2.00. The van der Waals surface area contributed by atoms with E-state index >= 15 is 0 Å². The molecule has 0 unspecified atom stereocenters. The van der Waals surface area contributed by atoms with Crippen LogP contribution in [0.1, 0.15) is 12.5 Å². The van der Waals surface area contributed by atoms with Gasteiger partial charge in [0.25, 0.3) is 0 Å². The van der Waals surface area contributed by atoms with Crippen molar-refractivity contribution in [2.75, 3.05) is 6.61 Å². The molecule has 158 valence electrons. The standard InChI is InChI=1S/C26H22N4OS/c1-2-31-23-12-10-22(11-13-23)30-25(20-14-16-27-17-15-20)28-29-26(30)32-18-21-8-5-7-19-6-3-4-9-24(19)21/h3-17H,2,18H2,1H3. The highest BCUT2D eigenvalue weighted by Gasteiger charge is 2.17. The molecule has 0 N–H and O–H groups in total. The fourth-order valence-corrected chi connectivity index (χ4v) is 4.66. The van der Waals surface area contributed by atoms with Crippen LogP contribution in [0.4, 0.5) is 0 Å². The molecule has 0 aliphatic rings. The van der Waals surface area contributed by atoms with E-state index in [2.05, 4.69) is 62.2 Å². The molecule has 0 radical (unpaired) electrons. The van der Waals surface area contributed by atoms with Crippen LogP contribution in [0.25, 0.3) is 27.8 Å². The normalized spacial score (nSPS) is 11.0. The predicted molar refractivity (Wildman–Crippen MR) is 129 cm³/mol. The monoisotopic (exact) mass is 438 g/mol. The summed E-state index contributed by atoms with van der Waals surface area (Å²) in [5.41, 5.74) is 3.24. The van der Waals surface area contributed by atoms with Crippen LogP contribution < -0.4 is 4.74 Å². The van der Waals surface area contributed by atoms with Crippen molar-refractivity contribution in [3.63, 3.8) is 0 Å². The Bertz CT molecular complexity index is 1330. The molecule has 0 bridgehead atoms. The van der Waals surface area contributed by atoms with E-state index < -0.39 is 0 Å². The Morgan fingerprint density at radius 1 is 0.844 bits per heavy atom. The number of benzene rings is 3. The molecular formula is C26H22N4OS. The number of pyridine rings is 1. The topological polar surface area (TPSA) is 52.8 Å². The van der Waals surface area contributed by atoms with Crippen molar-refractivity contribution < 1.29 is 4.74 Å². The van der Waals surface area contributed by atoms with Gasteiger partial charge in [-0.25, -0.2) is 0 Å². The maximum absolute atomic E-state index is 5.62. The van der Waals surface area contributed by atoms with E-state index in [0.717, 1.165) is 33.7 Å². The Balaban J connectivity index is 1.52. The van der Waals surface area contributed by atoms with Gasteiger partial charge in [-0.15, -0.1) is 10.2 Å². The zero-order chi connectivity index (χ0) is 21.8. The van der Waals surface area contributed by atoms with Crippen LogP contribution in [-0.4, -0.2) is 26.4 Å². The lowest BCUT2D eigenvalue weighted by atomic mass is 10.1. The highest BCUT2D eigenvalue weighted by molar-refractivity contribution is 7.98. The summed E-state index contributed by atoms with van der Waals surface area (Å²) in [5.74, 6) is 2.43. The second-order valence-electron chi connectivity index (χ2n) is 7.23. The first-order chi connectivity index (χ1) is 15.8. The molecule has 5 aromatic rings. The maximum atomic E-state index is 5.62. The molecule has 6 heteroatoms. The second kappa shape index (κ2) is 9.24. The van der Waals surface area contributed by atoms with Gasteiger partial charge in [-0.2, -0.15) is 0 Å². The highest BCUT2D eigenvalue weighted by atomic mass is 32.2. The van der Waals surface area contributed by atoms with E-state index in [9.17, 15) is 0 Å². The SMILES string of the molecule is CCOc1ccc(-n2c(SCc3cccc4ccccc34)nnc2-c2ccncc2)cc1. The van der Waals surface area contributed by atoms with Crippen LogP contribution in [0, 0.1) is 0 Å². The molecule has 0 aliphatic carbocycles. The van der Waals surface area contributed by atoms with Crippen molar-refractivity contribution in [1.29, 1.82) is 0 Å². The summed E-state index contributed by atoms with van der Waals surface area (Å²) in [6.07, 6.45) is 3.55. The molecule has 0 atom stereocenters. The summed E-state index contributed by atoms with van der Waals surface area (Å²) in [5, 5.41) is 12.4. The lowest BCUT2D eigenvalue weighted by Gasteiger charge is -2.12. The molecule has 0 saturated heterocycles. The summed E-state index contributed by atoms with van der Waals surface area (Å²) >= 11 is 1.68. The van der Waals surface area contributed by atoms with Gasteiger partial charge in [0.15, 0.2) is 11.0 Å². The molecule has 2 heterocycles. The Kier molecular flexibility index (Phi) is 5.85. The first-order valence-electron chi connectivity index (χ1n) is 10.5. The Labute approximate surface area is 191 Å². The summed E-state index contributed by atoms with van der Waals surface area (Å²) in [6, 6.07) is 26.9. The lowest BCUT2D eigenvalue weighted by molar-refractivity contribution is 0.340. The molecule has 5 nitrogen and oxygen atoms in total.